The topological polar surface area (TPSA) is 66.8 Å². The highest BCUT2D eigenvalue weighted by Gasteiger charge is 2.28. The Morgan fingerprint density at radius 2 is 2.07 bits per heavy atom. The molecule has 1 unspecified atom stereocenters. The maximum Gasteiger partial charge on any atom is 0.305 e. The van der Waals surface area contributed by atoms with Gasteiger partial charge in [0.25, 0.3) is 0 Å². The fourth-order valence-corrected chi connectivity index (χ4v) is 3.16. The quantitative estimate of drug-likeness (QED) is 0.259. The van der Waals surface area contributed by atoms with Crippen molar-refractivity contribution in [3.8, 4) is 11.8 Å². The number of hydrogen-bond donors (Lipinski definition) is 1. The van der Waals surface area contributed by atoms with E-state index in [1.54, 1.807) is 0 Å². The van der Waals surface area contributed by atoms with E-state index in [2.05, 4.69) is 16.6 Å². The summed E-state index contributed by atoms with van der Waals surface area (Å²) in [6.45, 7) is 4.74. The summed E-state index contributed by atoms with van der Waals surface area (Å²) in [5.74, 6) is 6.22. The van der Waals surface area contributed by atoms with Crippen molar-refractivity contribution in [2.45, 2.75) is 83.8 Å². The minimum atomic E-state index is -0.535. The molecule has 0 spiro atoms. The first-order valence-electron chi connectivity index (χ1n) is 10.2. The highest BCUT2D eigenvalue weighted by Crippen LogP contribution is 2.22. The summed E-state index contributed by atoms with van der Waals surface area (Å²) in [6.07, 6.45) is 10.4. The van der Waals surface area contributed by atoms with Crippen molar-refractivity contribution in [2.24, 2.45) is 5.92 Å². The van der Waals surface area contributed by atoms with Crippen molar-refractivity contribution in [3.05, 3.63) is 12.2 Å². The molecule has 0 aromatic heterocycles. The van der Waals surface area contributed by atoms with Crippen LogP contribution in [0.3, 0.4) is 0 Å². The lowest BCUT2D eigenvalue weighted by Crippen LogP contribution is -2.33. The van der Waals surface area contributed by atoms with Gasteiger partial charge in [0.15, 0.2) is 0 Å². The van der Waals surface area contributed by atoms with Crippen LogP contribution in [0.15, 0.2) is 12.2 Å². The summed E-state index contributed by atoms with van der Waals surface area (Å²) in [4.78, 5) is 25.1. The van der Waals surface area contributed by atoms with Crippen LogP contribution in [0.25, 0.3) is 0 Å². The van der Waals surface area contributed by atoms with Crippen molar-refractivity contribution < 1.29 is 19.4 Å². The molecule has 0 aliphatic carbocycles. The molecule has 0 radical (unpaired) electrons. The van der Waals surface area contributed by atoms with Gasteiger partial charge in [-0.15, -0.1) is 11.8 Å². The lowest BCUT2D eigenvalue weighted by molar-refractivity contribution is -0.140. The van der Waals surface area contributed by atoms with Crippen LogP contribution in [0.4, 0.5) is 0 Å². The van der Waals surface area contributed by atoms with Gasteiger partial charge in [-0.25, -0.2) is 0 Å². The molecule has 1 heterocycles. The van der Waals surface area contributed by atoms with Crippen LogP contribution in [0.1, 0.15) is 71.6 Å². The fraction of sp³-hybridized carbons (Fsp3) is 0.727. The third-order valence-corrected chi connectivity index (χ3v) is 4.97. The molecule has 1 saturated heterocycles. The van der Waals surface area contributed by atoms with E-state index in [-0.39, 0.29) is 23.8 Å². The highest BCUT2D eigenvalue weighted by atomic mass is 16.5. The molecule has 5 heteroatoms. The Kier molecular flexibility index (Phi) is 11.5. The van der Waals surface area contributed by atoms with Gasteiger partial charge in [0.05, 0.1) is 19.3 Å². The van der Waals surface area contributed by atoms with Gasteiger partial charge in [-0.3, -0.25) is 9.59 Å². The van der Waals surface area contributed by atoms with Crippen LogP contribution >= 0.6 is 0 Å². The van der Waals surface area contributed by atoms with Crippen molar-refractivity contribution in [1.82, 2.24) is 4.90 Å². The number of amides is 1. The third-order valence-electron chi connectivity index (χ3n) is 4.97. The van der Waals surface area contributed by atoms with E-state index < -0.39 is 6.10 Å². The molecule has 5 nitrogen and oxygen atoms in total. The number of carbonyl (C=O) groups is 2. The van der Waals surface area contributed by atoms with Crippen molar-refractivity contribution >= 4 is 11.9 Å². The summed E-state index contributed by atoms with van der Waals surface area (Å²) in [5.41, 5.74) is 0. The molecular weight excluding hydrogens is 342 g/mol. The Balaban J connectivity index is 2.37. The number of nitrogens with zero attached hydrogens (tertiary/aromatic N) is 1. The SMILES string of the molecule is CCC#CC[C@@H](C)[C@@H](O)C=CC1CCC(=O)N1CCCCCCC(=O)OC. The van der Waals surface area contributed by atoms with Gasteiger partial charge >= 0.3 is 5.97 Å². The largest absolute Gasteiger partial charge is 0.469 e. The van der Waals surface area contributed by atoms with E-state index in [4.69, 9.17) is 0 Å². The number of methoxy groups -OCH3 is 1. The zero-order valence-corrected chi connectivity index (χ0v) is 17.1. The van der Waals surface area contributed by atoms with Crippen LogP contribution in [0, 0.1) is 17.8 Å². The normalized spacial score (nSPS) is 19.0. The van der Waals surface area contributed by atoms with Crippen LogP contribution in [-0.4, -0.2) is 47.7 Å². The van der Waals surface area contributed by atoms with E-state index in [1.165, 1.54) is 7.11 Å². The summed E-state index contributed by atoms with van der Waals surface area (Å²) < 4.78 is 4.63. The van der Waals surface area contributed by atoms with Gasteiger partial charge in [-0.05, 0) is 25.2 Å². The average molecular weight is 378 g/mol. The van der Waals surface area contributed by atoms with Crippen LogP contribution in [-0.2, 0) is 14.3 Å². The van der Waals surface area contributed by atoms with Gasteiger partial charge in [0.2, 0.25) is 5.91 Å². The van der Waals surface area contributed by atoms with Gasteiger partial charge in [-0.1, -0.05) is 38.8 Å². The number of aliphatic hydroxyl groups excluding tert-OH is 1. The minimum Gasteiger partial charge on any atom is -0.469 e. The number of hydrogen-bond acceptors (Lipinski definition) is 4. The lowest BCUT2D eigenvalue weighted by Gasteiger charge is -2.23. The molecule has 0 saturated carbocycles. The Hall–Kier alpha value is -1.80. The average Bonchev–Trinajstić information content (AvgIpc) is 3.02. The molecule has 27 heavy (non-hydrogen) atoms. The Bertz CT molecular complexity index is 546. The fourth-order valence-electron chi connectivity index (χ4n) is 3.16. The van der Waals surface area contributed by atoms with Gasteiger partial charge in [0, 0.05) is 32.2 Å². The molecule has 0 aromatic carbocycles. The first-order valence-corrected chi connectivity index (χ1v) is 10.2. The second-order valence-corrected chi connectivity index (χ2v) is 7.20. The number of unbranched alkanes of at least 4 members (excludes halogenated alkanes) is 3. The molecule has 1 fully saturated rings. The number of rotatable bonds is 11. The summed E-state index contributed by atoms with van der Waals surface area (Å²) in [6, 6.07) is 0.0798. The van der Waals surface area contributed by atoms with Crippen LogP contribution < -0.4 is 0 Å². The van der Waals surface area contributed by atoms with Gasteiger partial charge in [0.1, 0.15) is 0 Å². The van der Waals surface area contributed by atoms with E-state index in [9.17, 15) is 14.7 Å². The van der Waals surface area contributed by atoms with Crippen molar-refractivity contribution in [1.29, 1.82) is 0 Å². The van der Waals surface area contributed by atoms with E-state index in [1.807, 2.05) is 30.9 Å². The predicted molar refractivity (Wildman–Crippen MR) is 107 cm³/mol. The maximum atomic E-state index is 12.1. The Morgan fingerprint density at radius 3 is 2.78 bits per heavy atom. The third kappa shape index (κ3) is 9.10. The van der Waals surface area contributed by atoms with Gasteiger partial charge in [-0.2, -0.15) is 0 Å². The first kappa shape index (κ1) is 23.2. The van der Waals surface area contributed by atoms with Gasteiger partial charge < -0.3 is 14.7 Å². The molecule has 0 aromatic rings. The zero-order valence-electron chi connectivity index (χ0n) is 17.1. The molecule has 3 atom stereocenters. The highest BCUT2D eigenvalue weighted by molar-refractivity contribution is 5.79. The van der Waals surface area contributed by atoms with Crippen molar-refractivity contribution in [2.75, 3.05) is 13.7 Å². The molecule has 1 aliphatic rings. The van der Waals surface area contributed by atoms with Crippen molar-refractivity contribution in [3.63, 3.8) is 0 Å². The van der Waals surface area contributed by atoms with Crippen LogP contribution in [0.5, 0.6) is 0 Å². The van der Waals surface area contributed by atoms with E-state index in [0.717, 1.165) is 45.1 Å². The Labute approximate surface area is 164 Å². The number of ether oxygens (including phenoxy) is 1. The smallest absolute Gasteiger partial charge is 0.305 e. The number of carbonyl (C=O) groups excluding carboxylic acids is 2. The maximum absolute atomic E-state index is 12.1. The molecule has 0 bridgehead atoms. The number of aliphatic hydroxyl groups is 1. The summed E-state index contributed by atoms with van der Waals surface area (Å²) in [7, 11) is 1.41. The number of likely N-dealkylation sites (tertiary alicyclic amines) is 1. The molecule has 1 rings (SSSR count). The number of esters is 1. The monoisotopic (exact) mass is 377 g/mol. The molecular formula is C22H35NO4. The summed E-state index contributed by atoms with van der Waals surface area (Å²) in [5, 5.41) is 10.3. The van der Waals surface area contributed by atoms with E-state index in [0.29, 0.717) is 19.3 Å². The Morgan fingerprint density at radius 1 is 1.33 bits per heavy atom. The van der Waals surface area contributed by atoms with Crippen LogP contribution in [0.2, 0.25) is 0 Å². The first-order chi connectivity index (χ1) is 13.0. The van der Waals surface area contributed by atoms with E-state index >= 15 is 0 Å². The molecule has 1 N–H and O–H groups in total. The second-order valence-electron chi connectivity index (χ2n) is 7.20. The predicted octanol–water partition coefficient (Wildman–Crippen LogP) is 3.46. The second kappa shape index (κ2) is 13.4. The molecule has 152 valence electrons. The molecule has 1 aliphatic heterocycles. The zero-order chi connectivity index (χ0) is 20.1. The minimum absolute atomic E-state index is 0.0798. The molecule has 1 amide bonds. The standard InChI is InChI=1S/C22H35NO4/c1-4-5-8-11-18(2)20(24)15-13-19-14-16-21(25)23(19)17-10-7-6-9-12-22(26)27-3/h13,15,18-20,24H,4,6-7,9-12,14,16-17H2,1-3H3/t18-,19?,20+/m1/s1. The lowest BCUT2D eigenvalue weighted by atomic mass is 10.00. The summed E-state index contributed by atoms with van der Waals surface area (Å²) >= 11 is 0.